The van der Waals surface area contributed by atoms with Crippen molar-refractivity contribution in [1.29, 1.82) is 0 Å². The Bertz CT molecular complexity index is 314. The van der Waals surface area contributed by atoms with E-state index in [1.165, 1.54) is 0 Å². The Labute approximate surface area is 107 Å². The standard InChI is InChI=1S/C12H23N3O3/c1-8(2)10(13)11(18)14-5-9(17)15-6-12(7-16)3-4-12/h8,10,16H,3-7,13H2,1-2H3,(H,14,18)(H,15,17)/t10-/m0/s1. The van der Waals surface area contributed by atoms with E-state index in [9.17, 15) is 9.59 Å². The number of rotatable bonds is 7. The summed E-state index contributed by atoms with van der Waals surface area (Å²) >= 11 is 0. The van der Waals surface area contributed by atoms with Gasteiger partial charge in [-0.3, -0.25) is 9.59 Å². The van der Waals surface area contributed by atoms with Gasteiger partial charge >= 0.3 is 0 Å². The van der Waals surface area contributed by atoms with Crippen molar-refractivity contribution in [3.05, 3.63) is 0 Å². The second-order valence-electron chi connectivity index (χ2n) is 5.42. The van der Waals surface area contributed by atoms with E-state index in [0.29, 0.717) is 6.54 Å². The Morgan fingerprint density at radius 1 is 1.33 bits per heavy atom. The first-order valence-electron chi connectivity index (χ1n) is 6.31. The third-order valence-electron chi connectivity index (χ3n) is 3.40. The average molecular weight is 257 g/mol. The van der Waals surface area contributed by atoms with E-state index < -0.39 is 6.04 Å². The van der Waals surface area contributed by atoms with Crippen molar-refractivity contribution in [2.24, 2.45) is 17.1 Å². The van der Waals surface area contributed by atoms with E-state index in [-0.39, 0.29) is 36.3 Å². The van der Waals surface area contributed by atoms with Crippen LogP contribution in [0.5, 0.6) is 0 Å². The Morgan fingerprint density at radius 2 is 1.94 bits per heavy atom. The number of amides is 2. The van der Waals surface area contributed by atoms with Crippen molar-refractivity contribution in [2.45, 2.75) is 32.7 Å². The average Bonchev–Trinajstić information content (AvgIpc) is 3.13. The van der Waals surface area contributed by atoms with Crippen molar-refractivity contribution >= 4 is 11.8 Å². The third-order valence-corrected chi connectivity index (χ3v) is 3.40. The number of hydrogen-bond acceptors (Lipinski definition) is 4. The molecular formula is C12H23N3O3. The second kappa shape index (κ2) is 6.15. The summed E-state index contributed by atoms with van der Waals surface area (Å²) in [5.41, 5.74) is 5.53. The zero-order chi connectivity index (χ0) is 13.8. The number of aliphatic hydroxyl groups is 1. The molecule has 0 aromatic rings. The zero-order valence-electron chi connectivity index (χ0n) is 11.0. The first-order chi connectivity index (χ1) is 8.40. The highest BCUT2D eigenvalue weighted by Gasteiger charge is 2.42. The van der Waals surface area contributed by atoms with Crippen LogP contribution in [0.4, 0.5) is 0 Å². The molecule has 1 aliphatic rings. The van der Waals surface area contributed by atoms with Crippen LogP contribution >= 0.6 is 0 Å². The van der Waals surface area contributed by atoms with Gasteiger partial charge in [-0.15, -0.1) is 0 Å². The molecule has 0 spiro atoms. The van der Waals surface area contributed by atoms with Gasteiger partial charge in [0.15, 0.2) is 0 Å². The van der Waals surface area contributed by atoms with Gasteiger partial charge in [0.25, 0.3) is 0 Å². The second-order valence-corrected chi connectivity index (χ2v) is 5.42. The van der Waals surface area contributed by atoms with Gasteiger partial charge in [-0.05, 0) is 18.8 Å². The van der Waals surface area contributed by atoms with Crippen molar-refractivity contribution in [2.75, 3.05) is 19.7 Å². The van der Waals surface area contributed by atoms with E-state index in [0.717, 1.165) is 12.8 Å². The van der Waals surface area contributed by atoms with Crippen molar-refractivity contribution in [1.82, 2.24) is 10.6 Å². The van der Waals surface area contributed by atoms with Gasteiger partial charge in [0.05, 0.1) is 19.2 Å². The minimum atomic E-state index is -0.593. The van der Waals surface area contributed by atoms with Crippen molar-refractivity contribution in [3.63, 3.8) is 0 Å². The quantitative estimate of drug-likeness (QED) is 0.468. The molecule has 1 fully saturated rings. The Morgan fingerprint density at radius 3 is 2.39 bits per heavy atom. The van der Waals surface area contributed by atoms with E-state index in [1.807, 2.05) is 13.8 Å². The molecule has 1 saturated carbocycles. The smallest absolute Gasteiger partial charge is 0.239 e. The minimum absolute atomic E-state index is 0.0391. The summed E-state index contributed by atoms with van der Waals surface area (Å²) in [6, 6.07) is -0.593. The predicted octanol–water partition coefficient (Wildman–Crippen LogP) is -1.03. The molecule has 6 heteroatoms. The van der Waals surface area contributed by atoms with Crippen LogP contribution in [0, 0.1) is 11.3 Å². The van der Waals surface area contributed by atoms with Crippen LogP contribution in [0.1, 0.15) is 26.7 Å². The summed E-state index contributed by atoms with van der Waals surface area (Å²) in [4.78, 5) is 23.0. The van der Waals surface area contributed by atoms with Gasteiger partial charge in [-0.1, -0.05) is 13.8 Å². The third kappa shape index (κ3) is 4.27. The first kappa shape index (κ1) is 14.9. The maximum absolute atomic E-state index is 11.5. The molecule has 0 radical (unpaired) electrons. The van der Waals surface area contributed by atoms with Crippen LogP contribution in [-0.2, 0) is 9.59 Å². The number of carbonyl (C=O) groups excluding carboxylic acids is 2. The largest absolute Gasteiger partial charge is 0.396 e. The lowest BCUT2D eigenvalue weighted by Crippen LogP contribution is -2.47. The summed E-state index contributed by atoms with van der Waals surface area (Å²) in [6.07, 6.45) is 1.88. The van der Waals surface area contributed by atoms with E-state index in [1.54, 1.807) is 0 Å². The normalized spacial score (nSPS) is 18.3. The van der Waals surface area contributed by atoms with E-state index in [2.05, 4.69) is 10.6 Å². The summed E-state index contributed by atoms with van der Waals surface area (Å²) in [5, 5.41) is 14.3. The Balaban J connectivity index is 2.19. The lowest BCUT2D eigenvalue weighted by molar-refractivity contribution is -0.127. The van der Waals surface area contributed by atoms with Crippen LogP contribution in [0.25, 0.3) is 0 Å². The van der Waals surface area contributed by atoms with Crippen LogP contribution < -0.4 is 16.4 Å². The number of nitrogens with two attached hydrogens (primary N) is 1. The topological polar surface area (TPSA) is 104 Å². The van der Waals surface area contributed by atoms with Crippen molar-refractivity contribution in [3.8, 4) is 0 Å². The van der Waals surface area contributed by atoms with Gasteiger partial charge in [0.2, 0.25) is 11.8 Å². The van der Waals surface area contributed by atoms with Crippen LogP contribution in [0.2, 0.25) is 0 Å². The molecule has 0 heterocycles. The maximum atomic E-state index is 11.5. The van der Waals surface area contributed by atoms with E-state index in [4.69, 9.17) is 10.8 Å². The highest BCUT2D eigenvalue weighted by Crippen LogP contribution is 2.44. The SMILES string of the molecule is CC(C)[C@H](N)C(=O)NCC(=O)NCC1(CO)CC1. The number of hydrogen-bond donors (Lipinski definition) is 4. The molecule has 2 amide bonds. The van der Waals surface area contributed by atoms with Crippen LogP contribution in [0.15, 0.2) is 0 Å². The molecule has 6 nitrogen and oxygen atoms in total. The van der Waals surface area contributed by atoms with Crippen LogP contribution in [-0.4, -0.2) is 42.7 Å². The van der Waals surface area contributed by atoms with Crippen molar-refractivity contribution < 1.29 is 14.7 Å². The molecule has 0 bridgehead atoms. The zero-order valence-corrected chi connectivity index (χ0v) is 11.0. The lowest BCUT2D eigenvalue weighted by Gasteiger charge is -2.16. The minimum Gasteiger partial charge on any atom is -0.396 e. The highest BCUT2D eigenvalue weighted by atomic mass is 16.3. The molecule has 1 aliphatic carbocycles. The number of carbonyl (C=O) groups is 2. The molecular weight excluding hydrogens is 234 g/mol. The molecule has 1 atom stereocenters. The Kier molecular flexibility index (Phi) is 5.10. The van der Waals surface area contributed by atoms with E-state index >= 15 is 0 Å². The number of nitrogens with one attached hydrogen (secondary N) is 2. The fourth-order valence-corrected chi connectivity index (χ4v) is 1.50. The van der Waals surface area contributed by atoms with Gasteiger partial charge in [0, 0.05) is 12.0 Å². The van der Waals surface area contributed by atoms with Gasteiger partial charge in [0.1, 0.15) is 0 Å². The maximum Gasteiger partial charge on any atom is 0.239 e. The molecule has 0 saturated heterocycles. The monoisotopic (exact) mass is 257 g/mol. The molecule has 0 unspecified atom stereocenters. The van der Waals surface area contributed by atoms with Crippen LogP contribution in [0.3, 0.4) is 0 Å². The summed E-state index contributed by atoms with van der Waals surface area (Å²) in [6.45, 7) is 4.19. The fraction of sp³-hybridized carbons (Fsp3) is 0.833. The Hall–Kier alpha value is -1.14. The molecule has 0 aliphatic heterocycles. The highest BCUT2D eigenvalue weighted by molar-refractivity contribution is 5.87. The molecule has 1 rings (SSSR count). The summed E-state index contributed by atoms with van der Waals surface area (Å²) in [5.74, 6) is -0.528. The fourth-order valence-electron chi connectivity index (χ4n) is 1.50. The molecule has 0 aromatic carbocycles. The lowest BCUT2D eigenvalue weighted by atomic mass is 10.1. The molecule has 5 N–H and O–H groups in total. The molecule has 104 valence electrons. The summed E-state index contributed by atoms with van der Waals surface area (Å²) in [7, 11) is 0. The summed E-state index contributed by atoms with van der Waals surface area (Å²) < 4.78 is 0. The van der Waals surface area contributed by atoms with Gasteiger partial charge < -0.3 is 21.5 Å². The molecule has 0 aromatic heterocycles. The number of aliphatic hydroxyl groups excluding tert-OH is 1. The van der Waals surface area contributed by atoms with Gasteiger partial charge in [-0.25, -0.2) is 0 Å². The predicted molar refractivity (Wildman–Crippen MR) is 67.6 cm³/mol. The van der Waals surface area contributed by atoms with Gasteiger partial charge in [-0.2, -0.15) is 0 Å². The molecule has 18 heavy (non-hydrogen) atoms. The first-order valence-corrected chi connectivity index (χ1v) is 6.31.